The van der Waals surface area contributed by atoms with Crippen LogP contribution in [0.2, 0.25) is 0 Å². The predicted octanol–water partition coefficient (Wildman–Crippen LogP) is -0.0231. The first-order chi connectivity index (χ1) is 9.29. The normalized spacial score (nSPS) is 10.8. The van der Waals surface area contributed by atoms with Crippen molar-refractivity contribution < 1.29 is 0 Å². The van der Waals surface area contributed by atoms with Crippen molar-refractivity contribution in [1.82, 2.24) is 24.6 Å². The largest absolute Gasteiger partial charge is 0.313 e. The minimum atomic E-state index is -0.221. The lowest BCUT2D eigenvalue weighted by molar-refractivity contribution is 0.591. The summed E-state index contributed by atoms with van der Waals surface area (Å²) in [6.45, 7) is 0.173. The van der Waals surface area contributed by atoms with Gasteiger partial charge in [-0.15, -0.1) is 10.2 Å². The Balaban J connectivity index is 2.07. The smallest absolute Gasteiger partial charge is 0.277 e. The maximum atomic E-state index is 12.2. The number of hydrazine groups is 1. The van der Waals surface area contributed by atoms with E-state index in [2.05, 4.69) is 25.3 Å². The number of nitrogens with two attached hydrogens (primary N) is 1. The number of aromatic nitrogens is 5. The molecule has 19 heavy (non-hydrogen) atoms. The Labute approximate surface area is 111 Å². The fourth-order valence-corrected chi connectivity index (χ4v) is 2.17. The molecule has 0 saturated heterocycles. The summed E-state index contributed by atoms with van der Waals surface area (Å²) in [6.07, 6.45) is 0. The second kappa shape index (κ2) is 4.71. The van der Waals surface area contributed by atoms with Gasteiger partial charge in [0.25, 0.3) is 5.56 Å². The third-order valence-electron chi connectivity index (χ3n) is 2.62. The Kier molecular flexibility index (Phi) is 2.89. The SMILES string of the molecule is NNc1snnc1Cn1nnc2ccccc2c1=O. The Morgan fingerprint density at radius 1 is 1.32 bits per heavy atom. The molecule has 3 N–H and O–H groups in total. The Morgan fingerprint density at radius 3 is 3.00 bits per heavy atom. The summed E-state index contributed by atoms with van der Waals surface area (Å²) in [4.78, 5) is 12.2. The van der Waals surface area contributed by atoms with Gasteiger partial charge >= 0.3 is 0 Å². The highest BCUT2D eigenvalue weighted by Gasteiger charge is 2.11. The van der Waals surface area contributed by atoms with Crippen LogP contribution in [0.25, 0.3) is 10.9 Å². The Bertz CT molecular complexity index is 781. The maximum absolute atomic E-state index is 12.2. The van der Waals surface area contributed by atoms with Crippen LogP contribution >= 0.6 is 11.5 Å². The summed E-state index contributed by atoms with van der Waals surface area (Å²) in [5.41, 5.74) is 3.38. The van der Waals surface area contributed by atoms with Crippen LogP contribution < -0.4 is 16.8 Å². The van der Waals surface area contributed by atoms with Gasteiger partial charge in [0, 0.05) is 11.5 Å². The quantitative estimate of drug-likeness (QED) is 0.510. The second-order valence-electron chi connectivity index (χ2n) is 3.76. The fourth-order valence-electron chi connectivity index (χ4n) is 1.69. The molecule has 0 unspecified atom stereocenters. The molecule has 0 bridgehead atoms. The molecule has 0 spiro atoms. The van der Waals surface area contributed by atoms with Crippen molar-refractivity contribution in [2.45, 2.75) is 6.54 Å². The summed E-state index contributed by atoms with van der Waals surface area (Å²) in [5, 5.41) is 12.9. The Hall–Kier alpha value is -2.39. The number of nitrogen functional groups attached to an aromatic ring is 1. The van der Waals surface area contributed by atoms with Gasteiger partial charge in [0.15, 0.2) is 0 Å². The first-order valence-corrected chi connectivity index (χ1v) is 6.17. The van der Waals surface area contributed by atoms with E-state index in [4.69, 9.17) is 5.84 Å². The first-order valence-electron chi connectivity index (χ1n) is 5.40. The van der Waals surface area contributed by atoms with Gasteiger partial charge in [-0.3, -0.25) is 4.79 Å². The highest BCUT2D eigenvalue weighted by molar-refractivity contribution is 7.10. The van der Waals surface area contributed by atoms with Crippen molar-refractivity contribution in [2.75, 3.05) is 5.43 Å². The molecule has 0 aliphatic rings. The third kappa shape index (κ3) is 2.04. The van der Waals surface area contributed by atoms with E-state index in [1.807, 2.05) is 6.07 Å². The van der Waals surface area contributed by atoms with E-state index < -0.39 is 0 Å². The van der Waals surface area contributed by atoms with Crippen LogP contribution in [-0.4, -0.2) is 24.6 Å². The van der Waals surface area contributed by atoms with Crippen LogP contribution in [0.3, 0.4) is 0 Å². The molecule has 8 nitrogen and oxygen atoms in total. The lowest BCUT2D eigenvalue weighted by atomic mass is 10.2. The zero-order valence-electron chi connectivity index (χ0n) is 9.65. The number of hydrogen-bond donors (Lipinski definition) is 2. The second-order valence-corrected chi connectivity index (χ2v) is 4.52. The summed E-state index contributed by atoms with van der Waals surface area (Å²) in [5.74, 6) is 5.33. The van der Waals surface area contributed by atoms with Crippen molar-refractivity contribution in [2.24, 2.45) is 5.84 Å². The van der Waals surface area contributed by atoms with Crippen LogP contribution in [0.15, 0.2) is 29.1 Å². The molecule has 0 aliphatic heterocycles. The number of rotatable bonds is 3. The molecule has 1 aromatic carbocycles. The predicted molar refractivity (Wildman–Crippen MR) is 70.6 cm³/mol. The van der Waals surface area contributed by atoms with Crippen LogP contribution in [0.4, 0.5) is 5.00 Å². The summed E-state index contributed by atoms with van der Waals surface area (Å²) in [7, 11) is 0. The highest BCUT2D eigenvalue weighted by Crippen LogP contribution is 2.16. The number of fused-ring (bicyclic) bond motifs is 1. The van der Waals surface area contributed by atoms with E-state index in [0.29, 0.717) is 21.6 Å². The number of nitrogens with one attached hydrogen (secondary N) is 1. The van der Waals surface area contributed by atoms with Crippen LogP contribution in [0, 0.1) is 0 Å². The minimum Gasteiger partial charge on any atom is -0.313 e. The standard InChI is InChI=1S/C10H9N7OS/c11-12-9-8(14-16-19-9)5-17-10(18)6-3-1-2-4-7(6)13-15-17/h1-4,12H,5,11H2. The first kappa shape index (κ1) is 11.7. The third-order valence-corrected chi connectivity index (χ3v) is 3.32. The topological polar surface area (TPSA) is 112 Å². The van der Waals surface area contributed by atoms with E-state index >= 15 is 0 Å². The molecule has 2 aromatic heterocycles. The monoisotopic (exact) mass is 275 g/mol. The zero-order valence-corrected chi connectivity index (χ0v) is 10.5. The fraction of sp³-hybridized carbons (Fsp3) is 0.100. The molecule has 3 aromatic rings. The van der Waals surface area contributed by atoms with E-state index in [0.717, 1.165) is 11.5 Å². The van der Waals surface area contributed by atoms with Gasteiger partial charge in [-0.25, -0.2) is 10.5 Å². The van der Waals surface area contributed by atoms with Crippen molar-refractivity contribution in [3.05, 3.63) is 40.3 Å². The maximum Gasteiger partial charge on any atom is 0.277 e. The molecule has 0 aliphatic carbocycles. The van der Waals surface area contributed by atoms with Crippen LogP contribution in [0.5, 0.6) is 0 Å². The van der Waals surface area contributed by atoms with Crippen LogP contribution in [0.1, 0.15) is 5.69 Å². The van der Waals surface area contributed by atoms with Gasteiger partial charge in [-0.2, -0.15) is 0 Å². The highest BCUT2D eigenvalue weighted by atomic mass is 32.1. The molecule has 3 rings (SSSR count). The van der Waals surface area contributed by atoms with Gasteiger partial charge in [0.05, 0.1) is 11.9 Å². The molecule has 0 fully saturated rings. The van der Waals surface area contributed by atoms with Gasteiger partial charge in [-0.05, 0) is 12.1 Å². The molecule has 2 heterocycles. The Morgan fingerprint density at radius 2 is 2.16 bits per heavy atom. The molecular weight excluding hydrogens is 266 g/mol. The average molecular weight is 275 g/mol. The van der Waals surface area contributed by atoms with E-state index in [1.54, 1.807) is 18.2 Å². The zero-order chi connectivity index (χ0) is 13.2. The van der Waals surface area contributed by atoms with Crippen molar-refractivity contribution >= 4 is 27.4 Å². The van der Waals surface area contributed by atoms with E-state index in [-0.39, 0.29) is 12.1 Å². The van der Waals surface area contributed by atoms with E-state index in [1.165, 1.54) is 4.68 Å². The lowest BCUT2D eigenvalue weighted by Gasteiger charge is -2.03. The number of hydrogen-bond acceptors (Lipinski definition) is 8. The summed E-state index contributed by atoms with van der Waals surface area (Å²) in [6, 6.07) is 7.05. The molecule has 0 atom stereocenters. The van der Waals surface area contributed by atoms with Gasteiger partial charge in [-0.1, -0.05) is 21.8 Å². The van der Waals surface area contributed by atoms with Gasteiger partial charge in [0.1, 0.15) is 16.2 Å². The van der Waals surface area contributed by atoms with E-state index in [9.17, 15) is 4.79 Å². The number of benzene rings is 1. The van der Waals surface area contributed by atoms with Gasteiger partial charge < -0.3 is 5.43 Å². The molecule has 96 valence electrons. The number of nitrogens with zero attached hydrogens (tertiary/aromatic N) is 5. The molecule has 9 heteroatoms. The number of anilines is 1. The van der Waals surface area contributed by atoms with Crippen molar-refractivity contribution in [3.8, 4) is 0 Å². The van der Waals surface area contributed by atoms with Crippen LogP contribution in [-0.2, 0) is 6.54 Å². The molecule has 0 radical (unpaired) electrons. The molecular formula is C10H9N7OS. The molecule has 0 amide bonds. The molecule has 0 saturated carbocycles. The van der Waals surface area contributed by atoms with Crippen molar-refractivity contribution in [3.63, 3.8) is 0 Å². The summed E-state index contributed by atoms with van der Waals surface area (Å²) < 4.78 is 5.00. The van der Waals surface area contributed by atoms with Gasteiger partial charge in [0.2, 0.25) is 0 Å². The minimum absolute atomic E-state index is 0.173. The van der Waals surface area contributed by atoms with Crippen molar-refractivity contribution in [1.29, 1.82) is 0 Å². The average Bonchev–Trinajstić information content (AvgIpc) is 2.89. The lowest BCUT2D eigenvalue weighted by Crippen LogP contribution is -2.25. The summed E-state index contributed by atoms with van der Waals surface area (Å²) >= 11 is 1.12.